The van der Waals surface area contributed by atoms with Crippen LogP contribution in [0.1, 0.15) is 25.7 Å². The zero-order valence-electron chi connectivity index (χ0n) is 9.70. The first kappa shape index (κ1) is 12.5. The number of carbonyl (C=O) groups is 1. The molecule has 0 aromatic heterocycles. The highest BCUT2D eigenvalue weighted by atomic mass is 16.3. The third-order valence-electron chi connectivity index (χ3n) is 3.14. The number of carbonyl (C=O) groups excluding carboxylic acids is 1. The maximum Gasteiger partial charge on any atom is 0.223 e. The molecule has 0 aliphatic heterocycles. The second-order valence-electron chi connectivity index (χ2n) is 4.47. The third kappa shape index (κ3) is 3.80. The van der Waals surface area contributed by atoms with E-state index < -0.39 is 0 Å². The van der Waals surface area contributed by atoms with Gasteiger partial charge in [0.2, 0.25) is 5.91 Å². The first-order valence-electron chi connectivity index (χ1n) is 5.69. The minimum atomic E-state index is 0.154. The van der Waals surface area contributed by atoms with Crippen LogP contribution in [0.5, 0.6) is 0 Å². The van der Waals surface area contributed by atoms with Crippen molar-refractivity contribution < 1.29 is 9.90 Å². The van der Waals surface area contributed by atoms with Gasteiger partial charge in [-0.15, -0.1) is 0 Å². The van der Waals surface area contributed by atoms with Gasteiger partial charge in [-0.2, -0.15) is 0 Å². The van der Waals surface area contributed by atoms with Gasteiger partial charge in [0.15, 0.2) is 0 Å². The molecule has 1 saturated carbocycles. The lowest BCUT2D eigenvalue weighted by molar-refractivity contribution is -0.128. The van der Waals surface area contributed by atoms with Gasteiger partial charge in [0.05, 0.1) is 0 Å². The molecule has 2 atom stereocenters. The van der Waals surface area contributed by atoms with Crippen LogP contribution in [0.4, 0.5) is 0 Å². The molecule has 0 spiro atoms. The summed E-state index contributed by atoms with van der Waals surface area (Å²) in [4.78, 5) is 12.9. The molecule has 0 aromatic rings. The van der Waals surface area contributed by atoms with Crippen LogP contribution in [-0.2, 0) is 4.79 Å². The molecule has 0 saturated heterocycles. The minimum absolute atomic E-state index is 0.154. The smallest absolute Gasteiger partial charge is 0.223 e. The van der Waals surface area contributed by atoms with Crippen molar-refractivity contribution in [3.05, 3.63) is 0 Å². The van der Waals surface area contributed by atoms with Crippen LogP contribution in [0, 0.1) is 5.92 Å². The maximum atomic E-state index is 11.3. The molecule has 1 aliphatic rings. The van der Waals surface area contributed by atoms with E-state index in [1.807, 2.05) is 0 Å². The van der Waals surface area contributed by atoms with Crippen molar-refractivity contribution in [2.45, 2.75) is 31.7 Å². The summed E-state index contributed by atoms with van der Waals surface area (Å²) in [7, 11) is 3.54. The van der Waals surface area contributed by atoms with Crippen LogP contribution in [0.25, 0.3) is 0 Å². The highest BCUT2D eigenvalue weighted by Gasteiger charge is 2.25. The number of nitrogens with zero attached hydrogens (tertiary/aromatic N) is 1. The summed E-state index contributed by atoms with van der Waals surface area (Å²) in [6, 6.07) is 0.407. The summed E-state index contributed by atoms with van der Waals surface area (Å²) in [6.07, 6.45) is 3.96. The molecule has 2 N–H and O–H groups in total. The summed E-state index contributed by atoms with van der Waals surface area (Å²) in [6.45, 7) is 0.984. The lowest BCUT2D eigenvalue weighted by Gasteiger charge is -2.19. The van der Waals surface area contributed by atoms with E-state index in [-0.39, 0.29) is 12.5 Å². The van der Waals surface area contributed by atoms with Crippen molar-refractivity contribution in [3.8, 4) is 0 Å². The number of hydrogen-bond acceptors (Lipinski definition) is 3. The molecular formula is C11H22N2O2. The molecule has 0 heterocycles. The molecule has 15 heavy (non-hydrogen) atoms. The van der Waals surface area contributed by atoms with Crippen LogP contribution >= 0.6 is 0 Å². The van der Waals surface area contributed by atoms with Gasteiger partial charge in [-0.3, -0.25) is 4.79 Å². The molecule has 4 nitrogen and oxygen atoms in total. The molecular weight excluding hydrogens is 192 g/mol. The Kier molecular flexibility index (Phi) is 5.05. The zero-order chi connectivity index (χ0) is 11.3. The quantitative estimate of drug-likeness (QED) is 0.688. The van der Waals surface area contributed by atoms with E-state index in [0.717, 1.165) is 19.4 Å². The van der Waals surface area contributed by atoms with Crippen molar-refractivity contribution in [3.63, 3.8) is 0 Å². The fourth-order valence-electron chi connectivity index (χ4n) is 2.11. The Morgan fingerprint density at radius 2 is 2.20 bits per heavy atom. The molecule has 1 amide bonds. The maximum absolute atomic E-state index is 11.3. The monoisotopic (exact) mass is 214 g/mol. The summed E-state index contributed by atoms with van der Waals surface area (Å²) in [5, 5.41) is 12.5. The van der Waals surface area contributed by atoms with Crippen LogP contribution in [-0.4, -0.2) is 49.2 Å². The number of hydrogen-bond donors (Lipinski definition) is 2. The Balaban J connectivity index is 2.17. The standard InChI is InChI=1S/C11H22N2O2/c1-13(2)11(15)6-7-12-10-5-3-4-9(10)8-14/h9-10,12,14H,3-8H2,1-2H3. The van der Waals surface area contributed by atoms with E-state index in [1.54, 1.807) is 19.0 Å². The first-order valence-corrected chi connectivity index (χ1v) is 5.69. The Labute approximate surface area is 91.6 Å². The van der Waals surface area contributed by atoms with Gasteiger partial charge in [-0.05, 0) is 18.8 Å². The Bertz CT molecular complexity index is 207. The summed E-state index contributed by atoms with van der Waals surface area (Å²) < 4.78 is 0. The SMILES string of the molecule is CN(C)C(=O)CCNC1CCCC1CO. The number of rotatable bonds is 5. The highest BCUT2D eigenvalue weighted by Crippen LogP contribution is 2.24. The van der Waals surface area contributed by atoms with Crippen molar-refractivity contribution >= 4 is 5.91 Å². The van der Waals surface area contributed by atoms with Gasteiger partial charge >= 0.3 is 0 Å². The van der Waals surface area contributed by atoms with Crippen molar-refractivity contribution in [1.82, 2.24) is 10.2 Å². The fraction of sp³-hybridized carbons (Fsp3) is 0.909. The molecule has 1 fully saturated rings. The van der Waals surface area contributed by atoms with E-state index in [2.05, 4.69) is 5.32 Å². The summed E-state index contributed by atoms with van der Waals surface area (Å²) in [5.41, 5.74) is 0. The Hall–Kier alpha value is -0.610. The van der Waals surface area contributed by atoms with E-state index in [4.69, 9.17) is 5.11 Å². The van der Waals surface area contributed by atoms with E-state index in [1.165, 1.54) is 6.42 Å². The average Bonchev–Trinajstić information content (AvgIpc) is 2.65. The number of amides is 1. The average molecular weight is 214 g/mol. The molecule has 2 unspecified atom stereocenters. The molecule has 0 radical (unpaired) electrons. The zero-order valence-corrected chi connectivity index (χ0v) is 9.70. The highest BCUT2D eigenvalue weighted by molar-refractivity contribution is 5.75. The number of aliphatic hydroxyl groups excluding tert-OH is 1. The predicted octanol–water partition coefficient (Wildman–Crippen LogP) is 0.215. The normalized spacial score (nSPS) is 25.5. The van der Waals surface area contributed by atoms with Crippen LogP contribution in [0.3, 0.4) is 0 Å². The van der Waals surface area contributed by atoms with Crippen LogP contribution < -0.4 is 5.32 Å². The number of nitrogens with one attached hydrogen (secondary N) is 1. The van der Waals surface area contributed by atoms with Gasteiger partial charge in [0.25, 0.3) is 0 Å². The number of aliphatic hydroxyl groups is 1. The van der Waals surface area contributed by atoms with Gasteiger partial charge < -0.3 is 15.3 Å². The van der Waals surface area contributed by atoms with Crippen LogP contribution in [0.15, 0.2) is 0 Å². The van der Waals surface area contributed by atoms with Gasteiger partial charge in [0.1, 0.15) is 0 Å². The van der Waals surface area contributed by atoms with E-state index in [0.29, 0.717) is 18.4 Å². The third-order valence-corrected chi connectivity index (χ3v) is 3.14. The van der Waals surface area contributed by atoms with Gasteiger partial charge in [-0.1, -0.05) is 6.42 Å². The molecule has 88 valence electrons. The van der Waals surface area contributed by atoms with Crippen molar-refractivity contribution in [2.24, 2.45) is 5.92 Å². The van der Waals surface area contributed by atoms with Gasteiger partial charge in [0, 0.05) is 39.7 Å². The second kappa shape index (κ2) is 6.08. The topological polar surface area (TPSA) is 52.6 Å². The summed E-state index contributed by atoms with van der Waals surface area (Å²) in [5.74, 6) is 0.542. The largest absolute Gasteiger partial charge is 0.396 e. The van der Waals surface area contributed by atoms with Crippen molar-refractivity contribution in [1.29, 1.82) is 0 Å². The van der Waals surface area contributed by atoms with Crippen LogP contribution in [0.2, 0.25) is 0 Å². The molecule has 1 aliphatic carbocycles. The lowest BCUT2D eigenvalue weighted by atomic mass is 10.1. The fourth-order valence-corrected chi connectivity index (χ4v) is 2.11. The second-order valence-corrected chi connectivity index (χ2v) is 4.47. The first-order chi connectivity index (χ1) is 7.15. The van der Waals surface area contributed by atoms with Gasteiger partial charge in [-0.25, -0.2) is 0 Å². The molecule has 1 rings (SSSR count). The van der Waals surface area contributed by atoms with E-state index >= 15 is 0 Å². The Morgan fingerprint density at radius 3 is 2.80 bits per heavy atom. The summed E-state index contributed by atoms with van der Waals surface area (Å²) >= 11 is 0. The predicted molar refractivity (Wildman–Crippen MR) is 59.5 cm³/mol. The minimum Gasteiger partial charge on any atom is -0.396 e. The molecule has 0 aromatic carbocycles. The van der Waals surface area contributed by atoms with E-state index in [9.17, 15) is 4.79 Å². The molecule has 0 bridgehead atoms. The van der Waals surface area contributed by atoms with Crippen molar-refractivity contribution in [2.75, 3.05) is 27.2 Å². The Morgan fingerprint density at radius 1 is 1.47 bits per heavy atom. The molecule has 4 heteroatoms. The lowest BCUT2D eigenvalue weighted by Crippen LogP contribution is -2.36.